The highest BCUT2D eigenvalue weighted by Gasteiger charge is 2.17. The van der Waals surface area contributed by atoms with Crippen molar-refractivity contribution in [1.82, 2.24) is 10.2 Å². The summed E-state index contributed by atoms with van der Waals surface area (Å²) >= 11 is 0. The number of carbonyl (C=O) groups is 1. The van der Waals surface area contributed by atoms with Crippen molar-refractivity contribution in [2.75, 3.05) is 10.2 Å². The minimum atomic E-state index is -0.554. The molecule has 2 aromatic rings. The molecule has 0 fully saturated rings. The highest BCUT2D eigenvalue weighted by molar-refractivity contribution is 5.83. The Morgan fingerprint density at radius 3 is 2.32 bits per heavy atom. The van der Waals surface area contributed by atoms with Gasteiger partial charge in [0.25, 0.3) is 0 Å². The molecule has 0 atom stereocenters. The molecule has 0 unspecified atom stereocenters. The summed E-state index contributed by atoms with van der Waals surface area (Å²) in [5, 5.41) is 10.9. The van der Waals surface area contributed by atoms with Gasteiger partial charge < -0.3 is 9.64 Å². The van der Waals surface area contributed by atoms with Crippen LogP contribution in [0.5, 0.6) is 0 Å². The fraction of sp³-hybridized carbons (Fsp3) is 0.421. The summed E-state index contributed by atoms with van der Waals surface area (Å²) in [6.45, 7) is 10.4. The summed E-state index contributed by atoms with van der Waals surface area (Å²) in [5.41, 5.74) is 0.649. The molecular formula is C19H26N4O2. The number of aromatic nitrogens is 2. The molecule has 0 aliphatic carbocycles. The molecule has 0 aliphatic rings. The maximum atomic E-state index is 11.8. The molecule has 0 bridgehead atoms. The zero-order valence-corrected chi connectivity index (χ0v) is 15.5. The van der Waals surface area contributed by atoms with Crippen LogP contribution in [-0.4, -0.2) is 27.9 Å². The lowest BCUT2D eigenvalue weighted by Gasteiger charge is -2.27. The molecular weight excluding hydrogens is 316 g/mol. The van der Waals surface area contributed by atoms with Crippen LogP contribution in [0.3, 0.4) is 0 Å². The summed E-state index contributed by atoms with van der Waals surface area (Å²) in [4.78, 5) is 13.9. The Morgan fingerprint density at radius 2 is 1.80 bits per heavy atom. The summed E-state index contributed by atoms with van der Waals surface area (Å²) < 4.78 is 5.21. The number of rotatable bonds is 5. The molecule has 0 spiro atoms. The molecule has 1 aromatic carbocycles. The van der Waals surface area contributed by atoms with E-state index in [0.29, 0.717) is 5.82 Å². The molecule has 1 aromatic heterocycles. The van der Waals surface area contributed by atoms with Gasteiger partial charge in [-0.25, -0.2) is 4.79 Å². The zero-order chi connectivity index (χ0) is 18.4. The lowest BCUT2D eigenvalue weighted by Crippen LogP contribution is -2.31. The normalized spacial score (nSPS) is 11.3. The average molecular weight is 342 g/mol. The van der Waals surface area contributed by atoms with Crippen LogP contribution >= 0.6 is 0 Å². The predicted molar refractivity (Wildman–Crippen MR) is 99.6 cm³/mol. The van der Waals surface area contributed by atoms with Gasteiger partial charge in [0.15, 0.2) is 11.6 Å². The monoisotopic (exact) mass is 342 g/mol. The van der Waals surface area contributed by atoms with Crippen molar-refractivity contribution < 1.29 is 9.53 Å². The van der Waals surface area contributed by atoms with Crippen molar-refractivity contribution in [3.05, 3.63) is 48.0 Å². The molecule has 25 heavy (non-hydrogen) atoms. The van der Waals surface area contributed by atoms with Crippen LogP contribution in [0.4, 0.5) is 16.4 Å². The van der Waals surface area contributed by atoms with Crippen LogP contribution in [0.2, 0.25) is 0 Å². The minimum Gasteiger partial charge on any atom is -0.444 e. The van der Waals surface area contributed by atoms with E-state index in [1.54, 1.807) is 6.07 Å². The lowest BCUT2D eigenvalue weighted by molar-refractivity contribution is 0.0635. The quantitative estimate of drug-likeness (QED) is 0.880. The Labute approximate surface area is 149 Å². The maximum absolute atomic E-state index is 11.8. The molecule has 1 heterocycles. The number of anilines is 2. The SMILES string of the molecule is CC(C)N(Cc1ccccc1)c1ccc(NC(=O)OC(C)(C)C)nn1. The summed E-state index contributed by atoms with van der Waals surface area (Å²) in [7, 11) is 0. The van der Waals surface area contributed by atoms with E-state index in [4.69, 9.17) is 4.74 Å². The first-order chi connectivity index (χ1) is 11.7. The molecule has 0 radical (unpaired) electrons. The summed E-state index contributed by atoms with van der Waals surface area (Å²) in [5.74, 6) is 1.12. The van der Waals surface area contributed by atoms with Crippen LogP contribution in [0.1, 0.15) is 40.2 Å². The zero-order valence-electron chi connectivity index (χ0n) is 15.5. The van der Waals surface area contributed by atoms with E-state index in [-0.39, 0.29) is 6.04 Å². The van der Waals surface area contributed by atoms with Crippen LogP contribution in [-0.2, 0) is 11.3 Å². The number of ether oxygens (including phenoxy) is 1. The highest BCUT2D eigenvalue weighted by atomic mass is 16.6. The fourth-order valence-corrected chi connectivity index (χ4v) is 2.26. The summed E-state index contributed by atoms with van der Waals surface area (Å²) in [6.07, 6.45) is -0.542. The maximum Gasteiger partial charge on any atom is 0.413 e. The van der Waals surface area contributed by atoms with Crippen molar-refractivity contribution in [3.63, 3.8) is 0 Å². The number of hydrogen-bond acceptors (Lipinski definition) is 5. The summed E-state index contributed by atoms with van der Waals surface area (Å²) in [6, 6.07) is 14.1. The minimum absolute atomic E-state index is 0.263. The van der Waals surface area contributed by atoms with Gasteiger partial charge in [-0.1, -0.05) is 30.3 Å². The van der Waals surface area contributed by atoms with E-state index >= 15 is 0 Å². The van der Waals surface area contributed by atoms with Crippen molar-refractivity contribution >= 4 is 17.7 Å². The van der Waals surface area contributed by atoms with Gasteiger partial charge in [-0.15, -0.1) is 10.2 Å². The molecule has 2 rings (SSSR count). The number of hydrogen-bond donors (Lipinski definition) is 1. The molecule has 1 N–H and O–H groups in total. The van der Waals surface area contributed by atoms with Gasteiger partial charge in [0.1, 0.15) is 5.60 Å². The Hall–Kier alpha value is -2.63. The second-order valence-corrected chi connectivity index (χ2v) is 7.11. The van der Waals surface area contributed by atoms with Gasteiger partial charge >= 0.3 is 6.09 Å². The standard InChI is InChI=1S/C19H26N4O2/c1-14(2)23(13-15-9-7-6-8-10-15)17-12-11-16(21-22-17)20-18(24)25-19(3,4)5/h6-12,14H,13H2,1-5H3,(H,20,21,24). The molecule has 6 heteroatoms. The molecule has 134 valence electrons. The van der Waals surface area contributed by atoms with Gasteiger partial charge in [0.05, 0.1) is 0 Å². The van der Waals surface area contributed by atoms with E-state index in [1.807, 2.05) is 45.0 Å². The van der Waals surface area contributed by atoms with Crippen LogP contribution in [0.15, 0.2) is 42.5 Å². The lowest BCUT2D eigenvalue weighted by atomic mass is 10.2. The van der Waals surface area contributed by atoms with Crippen molar-refractivity contribution in [3.8, 4) is 0 Å². The Bertz CT molecular complexity index is 679. The number of benzene rings is 1. The van der Waals surface area contributed by atoms with Crippen molar-refractivity contribution in [2.24, 2.45) is 0 Å². The van der Waals surface area contributed by atoms with E-state index < -0.39 is 11.7 Å². The van der Waals surface area contributed by atoms with Crippen LogP contribution in [0.25, 0.3) is 0 Å². The van der Waals surface area contributed by atoms with E-state index in [2.05, 4.69) is 46.4 Å². The van der Waals surface area contributed by atoms with E-state index in [0.717, 1.165) is 12.4 Å². The van der Waals surface area contributed by atoms with Crippen molar-refractivity contribution in [2.45, 2.75) is 52.8 Å². The Balaban J connectivity index is 2.07. The van der Waals surface area contributed by atoms with Gasteiger partial charge in [-0.3, -0.25) is 5.32 Å². The van der Waals surface area contributed by atoms with Gasteiger partial charge in [-0.05, 0) is 52.3 Å². The largest absolute Gasteiger partial charge is 0.444 e. The fourth-order valence-electron chi connectivity index (χ4n) is 2.26. The molecule has 0 saturated carbocycles. The smallest absolute Gasteiger partial charge is 0.413 e. The van der Waals surface area contributed by atoms with E-state index in [1.165, 1.54) is 5.56 Å². The Morgan fingerprint density at radius 1 is 1.12 bits per heavy atom. The molecule has 1 amide bonds. The van der Waals surface area contributed by atoms with Gasteiger partial charge in [-0.2, -0.15) is 0 Å². The first-order valence-electron chi connectivity index (χ1n) is 8.39. The molecule has 6 nitrogen and oxygen atoms in total. The first kappa shape index (κ1) is 18.7. The second-order valence-electron chi connectivity index (χ2n) is 7.11. The molecule has 0 aliphatic heterocycles. The first-order valence-corrected chi connectivity index (χ1v) is 8.39. The van der Waals surface area contributed by atoms with Gasteiger partial charge in [0, 0.05) is 12.6 Å². The van der Waals surface area contributed by atoms with Crippen molar-refractivity contribution in [1.29, 1.82) is 0 Å². The number of nitrogens with one attached hydrogen (secondary N) is 1. The third-order valence-electron chi connectivity index (χ3n) is 3.39. The number of carbonyl (C=O) groups excluding carboxylic acids is 1. The predicted octanol–water partition coefficient (Wildman–Crippen LogP) is 4.24. The molecule has 0 saturated heterocycles. The third-order valence-corrected chi connectivity index (χ3v) is 3.39. The topological polar surface area (TPSA) is 67.4 Å². The highest BCUT2D eigenvalue weighted by Crippen LogP contribution is 2.18. The second kappa shape index (κ2) is 7.96. The van der Waals surface area contributed by atoms with Crippen LogP contribution < -0.4 is 10.2 Å². The van der Waals surface area contributed by atoms with Crippen LogP contribution in [0, 0.1) is 0 Å². The Kier molecular flexibility index (Phi) is 5.96. The third kappa shape index (κ3) is 6.06. The van der Waals surface area contributed by atoms with E-state index in [9.17, 15) is 4.79 Å². The van der Waals surface area contributed by atoms with Gasteiger partial charge in [0.2, 0.25) is 0 Å². The number of amides is 1. The number of nitrogens with zero attached hydrogens (tertiary/aromatic N) is 3. The average Bonchev–Trinajstić information content (AvgIpc) is 2.52.